The van der Waals surface area contributed by atoms with Crippen molar-refractivity contribution < 1.29 is 43.1 Å². The lowest BCUT2D eigenvalue weighted by Gasteiger charge is -2.30. The lowest BCUT2D eigenvalue weighted by Crippen LogP contribution is -2.62. The maximum absolute atomic E-state index is 14.3. The van der Waals surface area contributed by atoms with E-state index in [2.05, 4.69) is 37.2 Å². The normalized spacial score (nSPS) is 21.9. The van der Waals surface area contributed by atoms with E-state index >= 15 is 0 Å². The van der Waals surface area contributed by atoms with Crippen LogP contribution in [0.25, 0.3) is 0 Å². The first kappa shape index (κ1) is 46.6. The highest BCUT2D eigenvalue weighted by Gasteiger charge is 2.38. The van der Waals surface area contributed by atoms with E-state index in [1.807, 2.05) is 44.2 Å². The Labute approximate surface area is 340 Å². The number of cyclic esters (lactones) is 1. The molecule has 1 saturated heterocycles. The van der Waals surface area contributed by atoms with Gasteiger partial charge in [0.05, 0.1) is 0 Å². The molecule has 0 aromatic heterocycles. The summed E-state index contributed by atoms with van der Waals surface area (Å²) in [5, 5.41) is 18.6. The summed E-state index contributed by atoms with van der Waals surface area (Å²) in [6.45, 7) is 12.9. The Hall–Kier alpha value is -5.80. The number of ether oxygens (including phenoxy) is 1. The predicted octanol–water partition coefficient (Wildman–Crippen LogP) is 0.963. The number of carbonyl (C=O) groups is 8. The summed E-state index contributed by atoms with van der Waals surface area (Å²) in [6, 6.07) is 9.57. The Bertz CT molecular complexity index is 1760. The molecule has 16 heteroatoms. The maximum Gasteiger partial charge on any atom is 0.328 e. The maximum atomic E-state index is 14.3. The summed E-state index contributed by atoms with van der Waals surface area (Å²) in [5.74, 6) is -6.08. The molecule has 16 nitrogen and oxygen atoms in total. The molecule has 7 N–H and O–H groups in total. The third-order valence-corrected chi connectivity index (χ3v) is 9.59. The third kappa shape index (κ3) is 14.3. The highest BCUT2D eigenvalue weighted by molar-refractivity contribution is 5.98. The molecule has 0 saturated carbocycles. The van der Waals surface area contributed by atoms with E-state index in [4.69, 9.17) is 4.74 Å². The van der Waals surface area contributed by atoms with Gasteiger partial charge in [0.2, 0.25) is 41.4 Å². The monoisotopic (exact) mass is 805 g/mol. The highest BCUT2D eigenvalue weighted by atomic mass is 16.5. The van der Waals surface area contributed by atoms with Gasteiger partial charge in [0.15, 0.2) is 0 Å². The van der Waals surface area contributed by atoms with Gasteiger partial charge in [-0.25, -0.2) is 4.79 Å². The second kappa shape index (κ2) is 22.2. The van der Waals surface area contributed by atoms with Gasteiger partial charge in [0.25, 0.3) is 0 Å². The first-order chi connectivity index (χ1) is 27.4. The van der Waals surface area contributed by atoms with Crippen LogP contribution in [-0.4, -0.2) is 95.7 Å². The lowest BCUT2D eigenvalue weighted by molar-refractivity contribution is -0.156. The molecule has 0 radical (unpaired) electrons. The van der Waals surface area contributed by atoms with Crippen molar-refractivity contribution in [1.29, 1.82) is 0 Å². The Morgan fingerprint density at radius 2 is 1.19 bits per heavy atom. The van der Waals surface area contributed by atoms with E-state index in [9.17, 15) is 38.4 Å². The Morgan fingerprint density at radius 3 is 1.69 bits per heavy atom. The van der Waals surface area contributed by atoms with Crippen molar-refractivity contribution in [2.45, 2.75) is 129 Å². The van der Waals surface area contributed by atoms with Gasteiger partial charge < -0.3 is 42.0 Å². The van der Waals surface area contributed by atoms with E-state index in [0.717, 1.165) is 5.56 Å². The largest absolute Gasteiger partial charge is 0.458 e. The molecule has 1 aliphatic heterocycles. The van der Waals surface area contributed by atoms with Crippen molar-refractivity contribution in [1.82, 2.24) is 37.2 Å². The molecule has 316 valence electrons. The fourth-order valence-corrected chi connectivity index (χ4v) is 6.37. The molecule has 1 heterocycles. The Morgan fingerprint density at radius 1 is 0.672 bits per heavy atom. The van der Waals surface area contributed by atoms with E-state index in [0.29, 0.717) is 5.56 Å². The van der Waals surface area contributed by atoms with E-state index in [-0.39, 0.29) is 31.6 Å². The summed E-state index contributed by atoms with van der Waals surface area (Å²) in [7, 11) is 0. The standard InChI is InChI=1S/C42H59N7O9/c1-9-30-42(57)58-26(7)35(41(56)48-34(24(4)5)40(55)43-25(6)36(51)45-30)49-39(54)33(22-29-18-14-11-15-19-29)47-37(52)31(20-23(2)3)46-38(53)32(44-27(8)50)21-28-16-12-10-13-17-28/h10-19,23-26,30-35H,9,20-22H2,1-8H3,(H,43,55)(H,44,50)(H,45,51)(H,46,53)(H,47,52)(H,48,56)(H,49,54)/t25-,26+,30?,31+,32+,33-,34-,35+/m0/s1. The van der Waals surface area contributed by atoms with Crippen LogP contribution in [0.4, 0.5) is 0 Å². The van der Waals surface area contributed by atoms with Crippen molar-refractivity contribution in [2.24, 2.45) is 11.8 Å². The van der Waals surface area contributed by atoms with Gasteiger partial charge in [-0.1, -0.05) is 95.3 Å². The van der Waals surface area contributed by atoms with Gasteiger partial charge in [-0.3, -0.25) is 33.6 Å². The smallest absolute Gasteiger partial charge is 0.328 e. The molecule has 0 spiro atoms. The van der Waals surface area contributed by atoms with Crippen LogP contribution in [0.15, 0.2) is 60.7 Å². The highest BCUT2D eigenvalue weighted by Crippen LogP contribution is 2.13. The third-order valence-electron chi connectivity index (χ3n) is 9.59. The fraction of sp³-hybridized carbons (Fsp3) is 0.524. The molecule has 0 bridgehead atoms. The number of hydrogen-bond donors (Lipinski definition) is 7. The molecular formula is C42H59N7O9. The fourth-order valence-electron chi connectivity index (χ4n) is 6.37. The van der Waals surface area contributed by atoms with Crippen molar-refractivity contribution in [3.63, 3.8) is 0 Å². The van der Waals surface area contributed by atoms with Crippen molar-refractivity contribution >= 4 is 47.3 Å². The van der Waals surface area contributed by atoms with Gasteiger partial charge in [-0.05, 0) is 49.7 Å². The number of amides is 7. The quantitative estimate of drug-likeness (QED) is 0.127. The summed E-state index contributed by atoms with van der Waals surface area (Å²) in [4.78, 5) is 108. The zero-order valence-electron chi connectivity index (χ0n) is 34.5. The van der Waals surface area contributed by atoms with E-state index in [1.54, 1.807) is 51.1 Å². The van der Waals surface area contributed by atoms with Crippen molar-refractivity contribution in [3.8, 4) is 0 Å². The minimum absolute atomic E-state index is 0.0371. The Kier molecular flexibility index (Phi) is 17.8. The number of esters is 1. The van der Waals surface area contributed by atoms with Crippen LogP contribution in [-0.2, 0) is 55.9 Å². The minimum Gasteiger partial charge on any atom is -0.458 e. The summed E-state index contributed by atoms with van der Waals surface area (Å²) in [5.41, 5.74) is 1.45. The summed E-state index contributed by atoms with van der Waals surface area (Å²) in [6.07, 6.45) is -0.873. The molecule has 1 aliphatic rings. The van der Waals surface area contributed by atoms with Crippen molar-refractivity contribution in [3.05, 3.63) is 71.8 Å². The number of nitrogens with one attached hydrogen (secondary N) is 7. The molecule has 1 fully saturated rings. The number of benzene rings is 2. The van der Waals surface area contributed by atoms with Crippen LogP contribution in [0.2, 0.25) is 0 Å². The first-order valence-corrected chi connectivity index (χ1v) is 19.8. The van der Waals surface area contributed by atoms with Gasteiger partial charge in [-0.2, -0.15) is 0 Å². The molecule has 2 aromatic carbocycles. The zero-order chi connectivity index (χ0) is 43.1. The predicted molar refractivity (Wildman–Crippen MR) is 215 cm³/mol. The molecule has 7 amide bonds. The van der Waals surface area contributed by atoms with E-state index < -0.39 is 102 Å². The number of carbonyl (C=O) groups excluding carboxylic acids is 8. The average Bonchev–Trinajstić information content (AvgIpc) is 3.16. The minimum atomic E-state index is -1.56. The van der Waals surface area contributed by atoms with Gasteiger partial charge in [0.1, 0.15) is 48.4 Å². The SMILES string of the molecule is CCC1NC(=O)[C@H](C)NC(=O)[C@H](C(C)C)NC(=O)[C@H](NC(=O)[C@H](Cc2ccccc2)NC(=O)[C@@H](CC(C)C)NC(=O)[C@@H](Cc2ccccc2)NC(C)=O)[C@@H](C)OC1=O. The van der Waals surface area contributed by atoms with Crippen LogP contribution in [0, 0.1) is 11.8 Å². The molecule has 3 rings (SSSR count). The van der Waals surface area contributed by atoms with Crippen LogP contribution in [0.5, 0.6) is 0 Å². The molecule has 2 aromatic rings. The second-order valence-electron chi connectivity index (χ2n) is 15.4. The summed E-state index contributed by atoms with van der Waals surface area (Å²) >= 11 is 0. The summed E-state index contributed by atoms with van der Waals surface area (Å²) < 4.78 is 5.66. The molecule has 58 heavy (non-hydrogen) atoms. The first-order valence-electron chi connectivity index (χ1n) is 19.8. The molecular weight excluding hydrogens is 747 g/mol. The number of rotatable bonds is 15. The molecule has 1 unspecified atom stereocenters. The van der Waals surface area contributed by atoms with Crippen molar-refractivity contribution in [2.75, 3.05) is 0 Å². The van der Waals surface area contributed by atoms with Crippen LogP contribution >= 0.6 is 0 Å². The van der Waals surface area contributed by atoms with Crippen LogP contribution in [0.1, 0.15) is 79.4 Å². The lowest BCUT2D eigenvalue weighted by atomic mass is 9.99. The second-order valence-corrected chi connectivity index (χ2v) is 15.4. The van der Waals surface area contributed by atoms with Gasteiger partial charge >= 0.3 is 5.97 Å². The zero-order valence-corrected chi connectivity index (χ0v) is 34.5. The van der Waals surface area contributed by atoms with Crippen LogP contribution in [0.3, 0.4) is 0 Å². The molecule has 8 atom stereocenters. The van der Waals surface area contributed by atoms with Gasteiger partial charge in [-0.15, -0.1) is 0 Å². The Balaban J connectivity index is 1.97. The number of hydrogen-bond acceptors (Lipinski definition) is 9. The molecule has 0 aliphatic carbocycles. The van der Waals surface area contributed by atoms with Gasteiger partial charge in [0, 0.05) is 19.8 Å². The average molecular weight is 806 g/mol. The van der Waals surface area contributed by atoms with E-state index in [1.165, 1.54) is 20.8 Å². The topological polar surface area (TPSA) is 230 Å². The van der Waals surface area contributed by atoms with Crippen LogP contribution < -0.4 is 37.2 Å².